The number of hydrogen-bond acceptors (Lipinski definition) is 9. The summed E-state index contributed by atoms with van der Waals surface area (Å²) < 4.78 is 9.94. The minimum absolute atomic E-state index is 0.0397. The molecule has 4 N–H and O–H groups in total. The number of pyridine rings is 1. The number of esters is 1. The van der Waals surface area contributed by atoms with Crippen LogP contribution in [0.4, 0.5) is 0 Å². The van der Waals surface area contributed by atoms with Crippen LogP contribution in [-0.2, 0) is 20.9 Å². The molecule has 9 heteroatoms. The van der Waals surface area contributed by atoms with Crippen LogP contribution >= 0.6 is 0 Å². The SMILES string of the molecule is Cc1ncc(COC2=C(O)C(=O)O[C@@H]2[C@@H](O)CO)c(C=O)c1O. The van der Waals surface area contributed by atoms with Gasteiger partial charge in [0.2, 0.25) is 5.76 Å². The summed E-state index contributed by atoms with van der Waals surface area (Å²) >= 11 is 0. The lowest BCUT2D eigenvalue weighted by Gasteiger charge is -2.18. The van der Waals surface area contributed by atoms with Crippen LogP contribution < -0.4 is 0 Å². The maximum absolute atomic E-state index is 11.3. The largest absolute Gasteiger partial charge is 0.505 e. The molecule has 1 aromatic rings. The van der Waals surface area contributed by atoms with Gasteiger partial charge in [0.1, 0.15) is 18.5 Å². The number of hydrogen-bond donors (Lipinski definition) is 4. The number of aromatic nitrogens is 1. The molecule has 9 nitrogen and oxygen atoms in total. The third-order valence-corrected chi connectivity index (χ3v) is 3.31. The zero-order valence-corrected chi connectivity index (χ0v) is 12.1. The van der Waals surface area contributed by atoms with Gasteiger partial charge in [-0.1, -0.05) is 0 Å². The van der Waals surface area contributed by atoms with E-state index >= 15 is 0 Å². The van der Waals surface area contributed by atoms with E-state index in [1.54, 1.807) is 0 Å². The summed E-state index contributed by atoms with van der Waals surface area (Å²) in [6.45, 7) is 0.475. The third-order valence-electron chi connectivity index (χ3n) is 3.31. The molecule has 2 heterocycles. The van der Waals surface area contributed by atoms with E-state index < -0.39 is 30.5 Å². The first-order chi connectivity index (χ1) is 10.9. The molecule has 0 saturated heterocycles. The van der Waals surface area contributed by atoms with Crippen molar-refractivity contribution in [2.75, 3.05) is 6.61 Å². The highest BCUT2D eigenvalue weighted by molar-refractivity contribution is 5.89. The summed E-state index contributed by atoms with van der Waals surface area (Å²) in [6, 6.07) is 0. The summed E-state index contributed by atoms with van der Waals surface area (Å²) in [5.74, 6) is -2.60. The minimum Gasteiger partial charge on any atom is -0.505 e. The molecule has 0 radical (unpaired) electrons. The number of nitrogens with zero attached hydrogens (tertiary/aromatic N) is 1. The van der Waals surface area contributed by atoms with Crippen LogP contribution in [0.1, 0.15) is 21.6 Å². The number of aliphatic hydroxyl groups excluding tert-OH is 3. The zero-order chi connectivity index (χ0) is 17.1. The van der Waals surface area contributed by atoms with Crippen molar-refractivity contribution in [1.82, 2.24) is 4.98 Å². The molecule has 2 atom stereocenters. The molecule has 124 valence electrons. The van der Waals surface area contributed by atoms with Crippen LogP contribution in [0.3, 0.4) is 0 Å². The number of rotatable bonds is 6. The number of cyclic esters (lactones) is 1. The molecule has 0 saturated carbocycles. The van der Waals surface area contributed by atoms with Gasteiger partial charge in [-0.05, 0) is 6.92 Å². The number of aromatic hydroxyl groups is 1. The first-order valence-electron chi connectivity index (χ1n) is 6.59. The lowest BCUT2D eigenvalue weighted by Crippen LogP contribution is -2.32. The second-order valence-electron chi connectivity index (χ2n) is 4.83. The highest BCUT2D eigenvalue weighted by Gasteiger charge is 2.40. The quantitative estimate of drug-likeness (QED) is 0.400. The van der Waals surface area contributed by atoms with E-state index in [1.807, 2.05) is 0 Å². The monoisotopic (exact) mass is 325 g/mol. The number of carbonyl (C=O) groups excluding carboxylic acids is 2. The van der Waals surface area contributed by atoms with E-state index in [2.05, 4.69) is 4.98 Å². The number of aldehydes is 1. The molecule has 0 fully saturated rings. The van der Waals surface area contributed by atoms with Gasteiger partial charge in [-0.25, -0.2) is 4.79 Å². The smallest absolute Gasteiger partial charge is 0.378 e. The van der Waals surface area contributed by atoms with Crippen LogP contribution in [-0.4, -0.2) is 56.5 Å². The van der Waals surface area contributed by atoms with E-state index in [-0.39, 0.29) is 34.9 Å². The molecule has 2 rings (SSSR count). The summed E-state index contributed by atoms with van der Waals surface area (Å²) in [4.78, 5) is 26.3. The van der Waals surface area contributed by atoms with Crippen LogP contribution in [0.25, 0.3) is 0 Å². The predicted molar refractivity (Wildman–Crippen MR) is 73.4 cm³/mol. The summed E-state index contributed by atoms with van der Waals surface area (Å²) in [5, 5.41) is 37.9. The Morgan fingerprint density at radius 1 is 1.48 bits per heavy atom. The fourth-order valence-electron chi connectivity index (χ4n) is 2.01. The van der Waals surface area contributed by atoms with Crippen molar-refractivity contribution in [3.05, 3.63) is 34.5 Å². The average Bonchev–Trinajstić information content (AvgIpc) is 2.83. The third kappa shape index (κ3) is 3.10. The first-order valence-corrected chi connectivity index (χ1v) is 6.59. The van der Waals surface area contributed by atoms with E-state index in [4.69, 9.17) is 14.6 Å². The molecular formula is C14H15NO8. The molecule has 0 bridgehead atoms. The standard InChI is InChI=1S/C14H15NO8/c1-6-10(19)8(3-16)7(2-15-6)5-22-13-11(20)14(21)23-12(13)9(18)4-17/h2-3,9,12,17-20H,4-5H2,1H3/t9-,12+/m0/s1. The molecular weight excluding hydrogens is 310 g/mol. The van der Waals surface area contributed by atoms with Crippen molar-refractivity contribution in [2.45, 2.75) is 25.7 Å². The zero-order valence-electron chi connectivity index (χ0n) is 12.1. The van der Waals surface area contributed by atoms with Crippen LogP contribution in [0.15, 0.2) is 17.7 Å². The Bertz CT molecular complexity index is 669. The van der Waals surface area contributed by atoms with Crippen molar-refractivity contribution in [2.24, 2.45) is 0 Å². The number of aryl methyl sites for hydroxylation is 1. The maximum atomic E-state index is 11.3. The Morgan fingerprint density at radius 3 is 2.78 bits per heavy atom. The number of carbonyl (C=O) groups is 2. The minimum atomic E-state index is -1.48. The molecule has 0 aromatic carbocycles. The van der Waals surface area contributed by atoms with Crippen molar-refractivity contribution >= 4 is 12.3 Å². The van der Waals surface area contributed by atoms with Gasteiger partial charge in [-0.3, -0.25) is 9.78 Å². The van der Waals surface area contributed by atoms with Gasteiger partial charge in [0.05, 0.1) is 17.9 Å². The second kappa shape index (κ2) is 6.63. The Labute approximate surface area is 130 Å². The fraction of sp³-hybridized carbons (Fsp3) is 0.357. The van der Waals surface area contributed by atoms with Crippen LogP contribution in [0, 0.1) is 6.92 Å². The van der Waals surface area contributed by atoms with Gasteiger partial charge >= 0.3 is 5.97 Å². The molecule has 0 aliphatic carbocycles. The van der Waals surface area contributed by atoms with Crippen molar-refractivity contribution in [1.29, 1.82) is 0 Å². The molecule has 1 aliphatic rings. The van der Waals surface area contributed by atoms with E-state index in [0.29, 0.717) is 6.29 Å². The fourth-order valence-corrected chi connectivity index (χ4v) is 2.01. The maximum Gasteiger partial charge on any atom is 0.378 e. The summed E-state index contributed by atoms with van der Waals surface area (Å²) in [6.07, 6.45) is -1.12. The Morgan fingerprint density at radius 2 is 2.17 bits per heavy atom. The van der Waals surface area contributed by atoms with Gasteiger partial charge in [-0.15, -0.1) is 0 Å². The van der Waals surface area contributed by atoms with Crippen LogP contribution in [0.2, 0.25) is 0 Å². The van der Waals surface area contributed by atoms with Gasteiger partial charge in [0, 0.05) is 11.8 Å². The molecule has 0 unspecified atom stereocenters. The van der Waals surface area contributed by atoms with Crippen LogP contribution in [0.5, 0.6) is 5.75 Å². The molecule has 1 aliphatic heterocycles. The van der Waals surface area contributed by atoms with Crippen molar-refractivity contribution < 1.29 is 39.5 Å². The van der Waals surface area contributed by atoms with E-state index in [0.717, 1.165) is 0 Å². The van der Waals surface area contributed by atoms with E-state index in [9.17, 15) is 24.9 Å². The Hall–Kier alpha value is -2.65. The Balaban J connectivity index is 2.24. The lowest BCUT2D eigenvalue weighted by atomic mass is 10.1. The Kier molecular flexibility index (Phi) is 4.82. The van der Waals surface area contributed by atoms with Crippen molar-refractivity contribution in [3.63, 3.8) is 0 Å². The highest BCUT2D eigenvalue weighted by atomic mass is 16.6. The van der Waals surface area contributed by atoms with Gasteiger partial charge in [0.25, 0.3) is 0 Å². The molecule has 0 spiro atoms. The predicted octanol–water partition coefficient (Wildman–Crippen LogP) is -0.527. The normalized spacial score (nSPS) is 18.7. The number of ether oxygens (including phenoxy) is 2. The van der Waals surface area contributed by atoms with Gasteiger partial charge < -0.3 is 29.9 Å². The summed E-state index contributed by atoms with van der Waals surface area (Å²) in [5.41, 5.74) is 0.424. The van der Waals surface area contributed by atoms with Crippen molar-refractivity contribution in [3.8, 4) is 5.75 Å². The average molecular weight is 325 g/mol. The molecule has 23 heavy (non-hydrogen) atoms. The summed E-state index contributed by atoms with van der Waals surface area (Å²) in [7, 11) is 0. The first kappa shape index (κ1) is 16.7. The topological polar surface area (TPSA) is 146 Å². The molecule has 0 amide bonds. The highest BCUT2D eigenvalue weighted by Crippen LogP contribution is 2.28. The van der Waals surface area contributed by atoms with Gasteiger partial charge in [-0.2, -0.15) is 0 Å². The molecule has 1 aromatic heterocycles. The number of aliphatic hydroxyl groups is 3. The van der Waals surface area contributed by atoms with Gasteiger partial charge in [0.15, 0.2) is 18.1 Å². The second-order valence-corrected chi connectivity index (χ2v) is 4.83. The lowest BCUT2D eigenvalue weighted by molar-refractivity contribution is -0.148. The van der Waals surface area contributed by atoms with E-state index in [1.165, 1.54) is 13.1 Å².